The Morgan fingerprint density at radius 2 is 1.69 bits per heavy atom. The summed E-state index contributed by atoms with van der Waals surface area (Å²) in [7, 11) is 0. The molecule has 0 saturated heterocycles. The van der Waals surface area contributed by atoms with Gasteiger partial charge in [-0.2, -0.15) is 0 Å². The topological polar surface area (TPSA) is 159 Å². The van der Waals surface area contributed by atoms with E-state index < -0.39 is 63.9 Å². The third-order valence-corrected chi connectivity index (χ3v) is 10.7. The van der Waals surface area contributed by atoms with Crippen LogP contribution in [0.4, 0.5) is 0 Å². The Morgan fingerprint density at radius 1 is 1.06 bits per heavy atom. The Hall–Kier alpha value is -0.870. The molecule has 4 aliphatic rings. The second-order valence-electron chi connectivity index (χ2n) is 13.2. The summed E-state index contributed by atoms with van der Waals surface area (Å²) >= 11 is 0. The monoisotopic (exact) mass is 496 g/mol. The highest BCUT2D eigenvalue weighted by Crippen LogP contribution is 2.68. The van der Waals surface area contributed by atoms with E-state index in [0.29, 0.717) is 37.7 Å². The Kier molecular flexibility index (Phi) is 6.46. The van der Waals surface area contributed by atoms with Crippen LogP contribution in [0.2, 0.25) is 0 Å². The molecular formula is C27H44O8. The third kappa shape index (κ3) is 3.78. The average Bonchev–Trinajstić information content (AvgIpc) is 3.04. The van der Waals surface area contributed by atoms with E-state index in [2.05, 4.69) is 0 Å². The predicted molar refractivity (Wildman–Crippen MR) is 128 cm³/mol. The number of carbonyl (C=O) groups is 1. The van der Waals surface area contributed by atoms with Crippen LogP contribution >= 0.6 is 0 Å². The Labute approximate surface area is 207 Å². The molecule has 7 N–H and O–H groups in total. The first kappa shape index (κ1) is 27.2. The van der Waals surface area contributed by atoms with Gasteiger partial charge in [0.15, 0.2) is 5.78 Å². The van der Waals surface area contributed by atoms with Gasteiger partial charge in [0, 0.05) is 16.7 Å². The van der Waals surface area contributed by atoms with Crippen molar-refractivity contribution in [2.75, 3.05) is 0 Å². The molecule has 3 saturated carbocycles. The minimum absolute atomic E-state index is 0.0638. The second kappa shape index (κ2) is 8.32. The van der Waals surface area contributed by atoms with Crippen LogP contribution in [0, 0.1) is 28.6 Å². The molecule has 0 aromatic rings. The van der Waals surface area contributed by atoms with Gasteiger partial charge in [0.1, 0.15) is 6.10 Å². The van der Waals surface area contributed by atoms with Crippen molar-refractivity contribution in [1.82, 2.24) is 0 Å². The molecule has 0 radical (unpaired) electrons. The van der Waals surface area contributed by atoms with E-state index in [-0.39, 0.29) is 24.5 Å². The van der Waals surface area contributed by atoms with Crippen LogP contribution in [-0.4, -0.2) is 82.7 Å². The SMILES string of the molecule is CC(C)(O)CC[C@@H](O)[C@@](C)(O)C1CC[C@@]2(O)C3=CC(=O)[C@@H]4C[C@@H](O)[C@@H](O)[C@H](O)[C@]4(C)C3CC[C@]12C. The minimum Gasteiger partial charge on any atom is -0.390 e. The smallest absolute Gasteiger partial charge is 0.159 e. The van der Waals surface area contributed by atoms with Crippen LogP contribution in [0.25, 0.3) is 0 Å². The van der Waals surface area contributed by atoms with Crippen molar-refractivity contribution < 1.29 is 40.5 Å². The van der Waals surface area contributed by atoms with Crippen molar-refractivity contribution in [2.45, 2.75) is 121 Å². The van der Waals surface area contributed by atoms with Crippen molar-refractivity contribution >= 4 is 5.78 Å². The first-order valence-electron chi connectivity index (χ1n) is 13.1. The molecule has 8 nitrogen and oxygen atoms in total. The molecule has 0 heterocycles. The summed E-state index contributed by atoms with van der Waals surface area (Å²) in [6.07, 6.45) is -1.09. The molecule has 200 valence electrons. The zero-order chi connectivity index (χ0) is 26.4. The lowest BCUT2D eigenvalue weighted by atomic mass is 9.45. The molecule has 0 aliphatic heterocycles. The van der Waals surface area contributed by atoms with Crippen molar-refractivity contribution in [3.63, 3.8) is 0 Å². The van der Waals surface area contributed by atoms with Crippen LogP contribution in [0.5, 0.6) is 0 Å². The fourth-order valence-corrected chi connectivity index (χ4v) is 8.35. The summed E-state index contributed by atoms with van der Waals surface area (Å²) in [5, 5.41) is 76.6. The van der Waals surface area contributed by atoms with E-state index in [9.17, 15) is 40.5 Å². The second-order valence-corrected chi connectivity index (χ2v) is 13.2. The van der Waals surface area contributed by atoms with Crippen molar-refractivity contribution in [3.8, 4) is 0 Å². The maximum atomic E-state index is 13.3. The Balaban J connectivity index is 1.69. The summed E-state index contributed by atoms with van der Waals surface area (Å²) in [6, 6.07) is 0. The molecule has 0 bridgehead atoms. The van der Waals surface area contributed by atoms with E-state index in [1.54, 1.807) is 27.7 Å². The highest BCUT2D eigenvalue weighted by atomic mass is 16.4. The molecule has 11 atom stereocenters. The number of hydrogen-bond acceptors (Lipinski definition) is 8. The minimum atomic E-state index is -1.52. The first-order valence-corrected chi connectivity index (χ1v) is 13.1. The molecule has 8 heteroatoms. The standard InChI is InChI=1S/C27H44O8/c1-23(2,33)9-8-20(30)26(5,34)19-7-11-27(35)15-12-17(28)16-13-18(29)21(31)22(32)25(16,4)14(15)6-10-24(19,27)3/h12,14,16,18-22,29-35H,6-11,13H2,1-5H3/t14?,16-,18+,19?,20+,21+,22-,24+,25+,26-,27+/m0/s1. The molecule has 2 unspecified atom stereocenters. The third-order valence-electron chi connectivity index (χ3n) is 10.7. The first-order chi connectivity index (χ1) is 15.9. The molecule has 0 spiro atoms. The maximum absolute atomic E-state index is 13.3. The molecule has 4 aliphatic carbocycles. The van der Waals surface area contributed by atoms with Gasteiger partial charge < -0.3 is 35.7 Å². The van der Waals surface area contributed by atoms with Crippen LogP contribution in [-0.2, 0) is 4.79 Å². The van der Waals surface area contributed by atoms with Crippen LogP contribution < -0.4 is 0 Å². The van der Waals surface area contributed by atoms with Gasteiger partial charge in [0.2, 0.25) is 0 Å². The number of carbonyl (C=O) groups excluding carboxylic acids is 1. The van der Waals surface area contributed by atoms with Crippen LogP contribution in [0.15, 0.2) is 11.6 Å². The highest BCUT2D eigenvalue weighted by molar-refractivity contribution is 5.95. The Bertz CT molecular complexity index is 892. The number of ketones is 1. The van der Waals surface area contributed by atoms with Gasteiger partial charge in [-0.3, -0.25) is 4.79 Å². The van der Waals surface area contributed by atoms with Crippen molar-refractivity contribution in [2.24, 2.45) is 28.6 Å². The number of aliphatic hydroxyl groups is 7. The summed E-state index contributed by atoms with van der Waals surface area (Å²) in [6.45, 7) is 8.59. The van der Waals surface area contributed by atoms with Gasteiger partial charge in [-0.1, -0.05) is 13.8 Å². The number of rotatable bonds is 5. The van der Waals surface area contributed by atoms with Gasteiger partial charge in [0.25, 0.3) is 0 Å². The van der Waals surface area contributed by atoms with E-state index in [0.717, 1.165) is 0 Å². The van der Waals surface area contributed by atoms with Crippen LogP contribution in [0.3, 0.4) is 0 Å². The number of fused-ring (bicyclic) bond motifs is 5. The van der Waals surface area contributed by atoms with E-state index in [1.165, 1.54) is 6.08 Å². The summed E-state index contributed by atoms with van der Waals surface area (Å²) in [5.41, 5.74) is -5.21. The van der Waals surface area contributed by atoms with Gasteiger partial charge in [-0.25, -0.2) is 0 Å². The van der Waals surface area contributed by atoms with E-state index >= 15 is 0 Å². The molecule has 4 rings (SSSR count). The van der Waals surface area contributed by atoms with Gasteiger partial charge in [-0.15, -0.1) is 0 Å². The molecule has 0 aromatic heterocycles. The summed E-state index contributed by atoms with van der Waals surface area (Å²) < 4.78 is 0. The lowest BCUT2D eigenvalue weighted by Crippen LogP contribution is -2.66. The largest absolute Gasteiger partial charge is 0.390 e. The predicted octanol–water partition coefficient (Wildman–Crippen LogP) is 0.825. The average molecular weight is 497 g/mol. The Morgan fingerprint density at radius 3 is 2.29 bits per heavy atom. The number of aliphatic hydroxyl groups excluding tert-OH is 4. The summed E-state index contributed by atoms with van der Waals surface area (Å²) in [5.74, 6) is -1.73. The molecular weight excluding hydrogens is 452 g/mol. The van der Waals surface area contributed by atoms with Gasteiger partial charge in [0.05, 0.1) is 35.1 Å². The zero-order valence-electron chi connectivity index (χ0n) is 21.6. The normalized spacial score (nSPS) is 48.3. The molecule has 3 fully saturated rings. The van der Waals surface area contributed by atoms with Crippen molar-refractivity contribution in [3.05, 3.63) is 11.6 Å². The highest BCUT2D eigenvalue weighted by Gasteiger charge is 2.70. The summed E-state index contributed by atoms with van der Waals surface area (Å²) in [4.78, 5) is 13.3. The molecule has 0 aromatic carbocycles. The van der Waals surface area contributed by atoms with E-state index in [1.807, 2.05) is 6.92 Å². The zero-order valence-corrected chi connectivity index (χ0v) is 21.6. The lowest BCUT2D eigenvalue weighted by Gasteiger charge is -2.61. The maximum Gasteiger partial charge on any atom is 0.159 e. The molecule has 35 heavy (non-hydrogen) atoms. The quantitative estimate of drug-likeness (QED) is 0.295. The molecule has 0 amide bonds. The van der Waals surface area contributed by atoms with Crippen molar-refractivity contribution in [1.29, 1.82) is 0 Å². The van der Waals surface area contributed by atoms with Gasteiger partial charge >= 0.3 is 0 Å². The van der Waals surface area contributed by atoms with E-state index in [4.69, 9.17) is 0 Å². The van der Waals surface area contributed by atoms with Crippen LogP contribution in [0.1, 0.15) is 79.6 Å². The number of hydrogen-bond donors (Lipinski definition) is 7. The lowest BCUT2D eigenvalue weighted by molar-refractivity contribution is -0.205. The number of allylic oxidation sites excluding steroid dienone is 1. The fourth-order valence-electron chi connectivity index (χ4n) is 8.35. The fraction of sp³-hybridized carbons (Fsp3) is 0.889. The van der Waals surface area contributed by atoms with Gasteiger partial charge in [-0.05, 0) is 89.2 Å².